The topological polar surface area (TPSA) is 46.4 Å². The average molecular weight is 271 g/mol. The van der Waals surface area contributed by atoms with Gasteiger partial charge in [0.05, 0.1) is 4.92 Å². The monoisotopic (exact) mass is 270 g/mol. The van der Waals surface area contributed by atoms with Crippen LogP contribution in [-0.4, -0.2) is 19.0 Å². The number of anilines is 1. The molecule has 0 aliphatic carbocycles. The maximum Gasteiger partial charge on any atom is 0.311 e. The van der Waals surface area contributed by atoms with Gasteiger partial charge in [0.1, 0.15) is 0 Å². The van der Waals surface area contributed by atoms with E-state index in [0.29, 0.717) is 0 Å². The van der Waals surface area contributed by atoms with Crippen molar-refractivity contribution >= 4 is 27.7 Å². The maximum absolute atomic E-state index is 10.4. The van der Waals surface area contributed by atoms with E-state index >= 15 is 0 Å². The lowest BCUT2D eigenvalue weighted by molar-refractivity contribution is -0.407. The van der Waals surface area contributed by atoms with E-state index in [9.17, 15) is 10.1 Å². The van der Waals surface area contributed by atoms with Gasteiger partial charge in [0, 0.05) is 41.8 Å². The van der Waals surface area contributed by atoms with Gasteiger partial charge in [0.2, 0.25) is 0 Å². The quantitative estimate of drug-likeness (QED) is 0.482. The Morgan fingerprint density at radius 2 is 1.93 bits per heavy atom. The van der Waals surface area contributed by atoms with Gasteiger partial charge in [-0.1, -0.05) is 12.1 Å². The van der Waals surface area contributed by atoms with E-state index in [0.717, 1.165) is 11.3 Å². The summed E-state index contributed by atoms with van der Waals surface area (Å²) in [5.41, 5.74) is 1.86. The predicted molar refractivity (Wildman–Crippen MR) is 64.7 cm³/mol. The molecule has 80 valence electrons. The first-order valence-corrected chi connectivity index (χ1v) is 5.09. The van der Waals surface area contributed by atoms with Crippen molar-refractivity contribution < 1.29 is 4.92 Å². The molecule has 0 unspecified atom stereocenters. The molecule has 5 heteroatoms. The molecule has 15 heavy (non-hydrogen) atoms. The fourth-order valence-corrected chi connectivity index (χ4v) is 1.32. The van der Waals surface area contributed by atoms with Crippen molar-refractivity contribution in [3.63, 3.8) is 0 Å². The zero-order valence-electron chi connectivity index (χ0n) is 8.48. The zero-order chi connectivity index (χ0) is 11.4. The fraction of sp³-hybridized carbons (Fsp3) is 0.200. The molecule has 0 aromatic heterocycles. The Labute approximate surface area is 96.5 Å². The van der Waals surface area contributed by atoms with Crippen LogP contribution in [0.4, 0.5) is 5.69 Å². The first kappa shape index (κ1) is 11.7. The molecule has 0 bridgehead atoms. The second-order valence-corrected chi connectivity index (χ2v) is 4.02. The van der Waals surface area contributed by atoms with Gasteiger partial charge in [-0.2, -0.15) is 0 Å². The Morgan fingerprint density at radius 3 is 2.33 bits per heavy atom. The van der Waals surface area contributed by atoms with E-state index in [2.05, 4.69) is 15.9 Å². The van der Waals surface area contributed by atoms with E-state index in [4.69, 9.17) is 0 Å². The van der Waals surface area contributed by atoms with E-state index in [1.165, 1.54) is 6.08 Å². The number of rotatable bonds is 3. The van der Waals surface area contributed by atoms with Crippen molar-refractivity contribution in [1.82, 2.24) is 0 Å². The number of hydrogen-bond donors (Lipinski definition) is 0. The smallest absolute Gasteiger partial charge is 0.311 e. The van der Waals surface area contributed by atoms with Gasteiger partial charge in [0.15, 0.2) is 0 Å². The summed E-state index contributed by atoms with van der Waals surface area (Å²) in [7, 11) is 3.88. The molecule has 0 fully saturated rings. The second-order valence-electron chi connectivity index (χ2n) is 3.21. The number of benzene rings is 1. The highest BCUT2D eigenvalue weighted by Crippen LogP contribution is 2.16. The van der Waals surface area contributed by atoms with Crippen molar-refractivity contribution in [2.75, 3.05) is 19.0 Å². The van der Waals surface area contributed by atoms with E-state index in [-0.39, 0.29) is 4.61 Å². The third-order valence-corrected chi connectivity index (χ3v) is 2.39. The van der Waals surface area contributed by atoms with Gasteiger partial charge in [-0.3, -0.25) is 10.1 Å². The summed E-state index contributed by atoms with van der Waals surface area (Å²) in [6.45, 7) is 0. The number of nitro groups is 1. The van der Waals surface area contributed by atoms with Crippen LogP contribution in [0.5, 0.6) is 0 Å². The van der Waals surface area contributed by atoms with Crippen LogP contribution in [0.3, 0.4) is 0 Å². The van der Waals surface area contributed by atoms with Gasteiger partial charge in [-0.05, 0) is 17.7 Å². The van der Waals surface area contributed by atoms with Gasteiger partial charge in [-0.25, -0.2) is 0 Å². The summed E-state index contributed by atoms with van der Waals surface area (Å²) in [6.07, 6.45) is 1.47. The third kappa shape index (κ3) is 3.36. The maximum atomic E-state index is 10.4. The minimum absolute atomic E-state index is 0.0416. The Balaban J connectivity index is 2.90. The molecule has 0 aliphatic rings. The minimum atomic E-state index is -0.472. The van der Waals surface area contributed by atoms with Crippen molar-refractivity contribution in [2.45, 2.75) is 0 Å². The van der Waals surface area contributed by atoms with Crippen molar-refractivity contribution in [3.8, 4) is 0 Å². The molecule has 0 N–H and O–H groups in total. The lowest BCUT2D eigenvalue weighted by atomic mass is 10.2. The van der Waals surface area contributed by atoms with Crippen LogP contribution in [0.25, 0.3) is 6.08 Å². The molecule has 0 saturated heterocycles. The Hall–Kier alpha value is -1.36. The lowest BCUT2D eigenvalue weighted by Gasteiger charge is -2.11. The highest BCUT2D eigenvalue weighted by atomic mass is 79.9. The van der Waals surface area contributed by atoms with Crippen molar-refractivity contribution in [1.29, 1.82) is 0 Å². The molecule has 0 saturated carbocycles. The van der Waals surface area contributed by atoms with Crippen molar-refractivity contribution in [3.05, 3.63) is 44.5 Å². The molecule has 1 rings (SSSR count). The van der Waals surface area contributed by atoms with Gasteiger partial charge in [0.25, 0.3) is 0 Å². The normalized spacial score (nSPS) is 11.3. The molecule has 0 atom stereocenters. The molecule has 1 aromatic carbocycles. The molecule has 4 nitrogen and oxygen atoms in total. The molecular weight excluding hydrogens is 260 g/mol. The first-order chi connectivity index (χ1) is 7.00. The molecule has 1 aromatic rings. The minimum Gasteiger partial charge on any atom is -0.378 e. The number of halogens is 1. The van der Waals surface area contributed by atoms with Crippen LogP contribution >= 0.6 is 15.9 Å². The molecular formula is C10H11BrN2O2. The second kappa shape index (κ2) is 4.93. The summed E-state index contributed by atoms with van der Waals surface area (Å²) in [5, 5.41) is 10.4. The zero-order valence-corrected chi connectivity index (χ0v) is 10.1. The predicted octanol–water partition coefficient (Wildman–Crippen LogP) is 2.72. The Kier molecular flexibility index (Phi) is 3.85. The van der Waals surface area contributed by atoms with Crippen LogP contribution in [0.1, 0.15) is 5.56 Å². The van der Waals surface area contributed by atoms with Crippen LogP contribution in [0.2, 0.25) is 0 Å². The summed E-state index contributed by atoms with van der Waals surface area (Å²) < 4.78 is -0.0416. The van der Waals surface area contributed by atoms with Gasteiger partial charge in [-0.15, -0.1) is 0 Å². The molecule has 0 heterocycles. The Bertz CT molecular complexity index is 385. The average Bonchev–Trinajstić information content (AvgIpc) is 2.18. The first-order valence-electron chi connectivity index (χ1n) is 4.29. The van der Waals surface area contributed by atoms with Crippen molar-refractivity contribution in [2.24, 2.45) is 0 Å². The summed E-state index contributed by atoms with van der Waals surface area (Å²) in [6, 6.07) is 7.48. The standard InChI is InChI=1S/C10H11BrN2O2/c1-12(2)9-5-3-8(4-6-9)7-10(11)13(14)15/h3-7H,1-2H3/b10-7-. The summed E-state index contributed by atoms with van der Waals surface area (Å²) in [4.78, 5) is 11.9. The lowest BCUT2D eigenvalue weighted by Crippen LogP contribution is -2.07. The molecule has 0 amide bonds. The van der Waals surface area contributed by atoms with Crippen LogP contribution in [-0.2, 0) is 0 Å². The number of hydrogen-bond acceptors (Lipinski definition) is 3. The van der Waals surface area contributed by atoms with E-state index in [1.807, 2.05) is 43.3 Å². The highest BCUT2D eigenvalue weighted by molar-refractivity contribution is 9.11. The van der Waals surface area contributed by atoms with E-state index in [1.54, 1.807) is 0 Å². The molecule has 0 spiro atoms. The van der Waals surface area contributed by atoms with E-state index < -0.39 is 4.92 Å². The Morgan fingerprint density at radius 1 is 1.40 bits per heavy atom. The largest absolute Gasteiger partial charge is 0.378 e. The summed E-state index contributed by atoms with van der Waals surface area (Å²) >= 11 is 2.88. The molecule has 0 radical (unpaired) electrons. The SMILES string of the molecule is CN(C)c1ccc(/C=C(/Br)[N+](=O)[O-])cc1. The van der Waals surface area contributed by atoms with Crippen LogP contribution in [0, 0.1) is 10.1 Å². The van der Waals surface area contributed by atoms with Gasteiger partial charge < -0.3 is 4.90 Å². The number of nitrogens with zero attached hydrogens (tertiary/aromatic N) is 2. The van der Waals surface area contributed by atoms with Crippen LogP contribution in [0.15, 0.2) is 28.9 Å². The summed E-state index contributed by atoms with van der Waals surface area (Å²) in [5.74, 6) is 0. The van der Waals surface area contributed by atoms with Gasteiger partial charge >= 0.3 is 4.61 Å². The third-order valence-electron chi connectivity index (χ3n) is 1.87. The fourth-order valence-electron chi connectivity index (χ4n) is 1.06. The van der Waals surface area contributed by atoms with Crippen LogP contribution < -0.4 is 4.90 Å². The molecule has 0 aliphatic heterocycles. The highest BCUT2D eigenvalue weighted by Gasteiger charge is 2.04.